The van der Waals surface area contributed by atoms with Crippen LogP contribution < -0.4 is 10.5 Å². The van der Waals surface area contributed by atoms with Crippen molar-refractivity contribution in [2.24, 2.45) is 0 Å². The molecule has 1 aliphatic carbocycles. The Morgan fingerprint density at radius 1 is 1.19 bits per heavy atom. The summed E-state index contributed by atoms with van der Waals surface area (Å²) in [5.41, 5.74) is 3.67. The summed E-state index contributed by atoms with van der Waals surface area (Å²) in [4.78, 5) is 39.5. The summed E-state index contributed by atoms with van der Waals surface area (Å²) in [6.45, 7) is 5.31. The van der Waals surface area contributed by atoms with Gasteiger partial charge in [-0.15, -0.1) is 23.1 Å². The number of hydrogen-bond acceptors (Lipinski definition) is 6. The lowest BCUT2D eigenvalue weighted by Gasteiger charge is -2.36. The minimum atomic E-state index is -0.0244. The van der Waals surface area contributed by atoms with Gasteiger partial charge in [0.15, 0.2) is 0 Å². The van der Waals surface area contributed by atoms with Crippen LogP contribution in [0.25, 0.3) is 10.2 Å². The molecule has 1 aromatic carbocycles. The van der Waals surface area contributed by atoms with Crippen LogP contribution in [0.5, 0.6) is 0 Å². The summed E-state index contributed by atoms with van der Waals surface area (Å²) >= 11 is 3.20. The zero-order valence-electron chi connectivity index (χ0n) is 18.4. The van der Waals surface area contributed by atoms with Gasteiger partial charge >= 0.3 is 0 Å². The molecule has 8 heteroatoms. The number of aromatic amines is 1. The summed E-state index contributed by atoms with van der Waals surface area (Å²) in [5, 5.41) is 0.793. The Balaban J connectivity index is 1.15. The van der Waals surface area contributed by atoms with E-state index in [4.69, 9.17) is 4.98 Å². The number of hydrogen-bond donors (Lipinski definition) is 1. The van der Waals surface area contributed by atoms with Gasteiger partial charge < -0.3 is 14.8 Å². The highest BCUT2D eigenvalue weighted by Crippen LogP contribution is 2.33. The van der Waals surface area contributed by atoms with Crippen molar-refractivity contribution in [2.75, 3.05) is 36.8 Å². The van der Waals surface area contributed by atoms with Crippen LogP contribution in [-0.4, -0.2) is 52.7 Å². The van der Waals surface area contributed by atoms with Gasteiger partial charge in [-0.05, 0) is 55.9 Å². The topological polar surface area (TPSA) is 69.3 Å². The number of aryl methyl sites for hydroxylation is 3. The first-order valence-corrected chi connectivity index (χ1v) is 13.3. The van der Waals surface area contributed by atoms with E-state index in [-0.39, 0.29) is 11.5 Å². The number of thiophene rings is 1. The maximum Gasteiger partial charge on any atom is 0.259 e. The average Bonchev–Trinajstić information content (AvgIpc) is 3.18. The molecule has 3 heterocycles. The van der Waals surface area contributed by atoms with Crippen LogP contribution in [0.2, 0.25) is 0 Å². The molecule has 2 aromatic heterocycles. The number of nitrogens with one attached hydrogen (secondary N) is 1. The number of fused-ring (bicyclic) bond motifs is 3. The van der Waals surface area contributed by atoms with E-state index >= 15 is 0 Å². The van der Waals surface area contributed by atoms with Gasteiger partial charge in [-0.2, -0.15) is 0 Å². The summed E-state index contributed by atoms with van der Waals surface area (Å²) in [7, 11) is 0. The smallest absolute Gasteiger partial charge is 0.259 e. The number of carbonyl (C=O) groups excluding carboxylic acids is 1. The van der Waals surface area contributed by atoms with Crippen molar-refractivity contribution >= 4 is 44.9 Å². The minimum Gasteiger partial charge on any atom is -0.368 e. The van der Waals surface area contributed by atoms with Crippen LogP contribution in [-0.2, 0) is 23.4 Å². The second-order valence-corrected chi connectivity index (χ2v) is 10.7. The molecule has 0 unspecified atom stereocenters. The standard InChI is InChI=1S/C24H28N4O2S2/c1-16-5-4-6-17(13-16)27-9-11-28(12-10-27)21(29)15-31-14-20-25-23(30)22-18-7-2-3-8-19(18)32-24(22)26-20/h4-6,13H,2-3,7-12,14-15H2,1H3,(H,25,26,30). The van der Waals surface area contributed by atoms with E-state index < -0.39 is 0 Å². The molecule has 168 valence electrons. The quantitative estimate of drug-likeness (QED) is 0.618. The SMILES string of the molecule is Cc1cccc(N2CCN(C(=O)CSCc3nc4sc5c(c4c(=O)[nH]3)CCCC5)CC2)c1. The molecule has 1 saturated heterocycles. The lowest BCUT2D eigenvalue weighted by Crippen LogP contribution is -2.49. The average molecular weight is 469 g/mol. The molecule has 1 aliphatic heterocycles. The number of H-pyrrole nitrogens is 1. The van der Waals surface area contributed by atoms with Crippen LogP contribution in [0.1, 0.15) is 34.7 Å². The van der Waals surface area contributed by atoms with Crippen molar-refractivity contribution in [1.82, 2.24) is 14.9 Å². The van der Waals surface area contributed by atoms with E-state index in [9.17, 15) is 9.59 Å². The molecule has 32 heavy (non-hydrogen) atoms. The number of piperazine rings is 1. The van der Waals surface area contributed by atoms with Crippen LogP contribution in [0.4, 0.5) is 5.69 Å². The molecule has 6 nitrogen and oxygen atoms in total. The highest BCUT2D eigenvalue weighted by atomic mass is 32.2. The van der Waals surface area contributed by atoms with E-state index in [2.05, 4.69) is 41.1 Å². The Labute approximate surface area is 196 Å². The van der Waals surface area contributed by atoms with Gasteiger partial charge in [0.25, 0.3) is 5.56 Å². The number of thioether (sulfide) groups is 1. The van der Waals surface area contributed by atoms with Crippen LogP contribution in [0, 0.1) is 6.92 Å². The maximum atomic E-state index is 12.7. The van der Waals surface area contributed by atoms with E-state index in [1.54, 1.807) is 11.3 Å². The molecule has 2 aliphatic rings. The fourth-order valence-electron chi connectivity index (χ4n) is 4.64. The van der Waals surface area contributed by atoms with Crippen LogP contribution >= 0.6 is 23.1 Å². The molecule has 1 fully saturated rings. The van der Waals surface area contributed by atoms with Gasteiger partial charge in [0.05, 0.1) is 16.9 Å². The van der Waals surface area contributed by atoms with Gasteiger partial charge in [-0.3, -0.25) is 9.59 Å². The number of amides is 1. The van der Waals surface area contributed by atoms with E-state index in [1.165, 1.54) is 39.9 Å². The number of aromatic nitrogens is 2. The molecular weight excluding hydrogens is 440 g/mol. The molecule has 1 amide bonds. The molecule has 1 N–H and O–H groups in total. The third kappa shape index (κ3) is 4.43. The molecule has 0 radical (unpaired) electrons. The Kier molecular flexibility index (Phi) is 6.24. The summed E-state index contributed by atoms with van der Waals surface area (Å²) < 4.78 is 0. The van der Waals surface area contributed by atoms with Crippen molar-refractivity contribution in [1.29, 1.82) is 0 Å². The first kappa shape index (κ1) is 21.5. The molecular formula is C24H28N4O2S2. The van der Waals surface area contributed by atoms with Gasteiger partial charge in [-0.25, -0.2) is 4.98 Å². The van der Waals surface area contributed by atoms with E-state index in [0.29, 0.717) is 17.3 Å². The van der Waals surface area contributed by atoms with Crippen LogP contribution in [0.3, 0.4) is 0 Å². The third-order valence-corrected chi connectivity index (χ3v) is 8.45. The first-order chi connectivity index (χ1) is 15.6. The predicted octanol–water partition coefficient (Wildman–Crippen LogP) is 3.75. The lowest BCUT2D eigenvalue weighted by molar-refractivity contribution is -0.128. The van der Waals surface area contributed by atoms with Crippen molar-refractivity contribution in [3.8, 4) is 0 Å². The maximum absolute atomic E-state index is 12.7. The van der Waals surface area contributed by atoms with Gasteiger partial charge in [0.1, 0.15) is 10.7 Å². The molecule has 3 aromatic rings. The number of benzene rings is 1. The highest BCUT2D eigenvalue weighted by Gasteiger charge is 2.22. The molecule has 0 atom stereocenters. The Bertz CT molecular complexity index is 1190. The van der Waals surface area contributed by atoms with Gasteiger partial charge in [0.2, 0.25) is 5.91 Å². The normalized spacial score (nSPS) is 16.4. The Morgan fingerprint density at radius 2 is 2.00 bits per heavy atom. The minimum absolute atomic E-state index is 0.0244. The van der Waals surface area contributed by atoms with Crippen molar-refractivity contribution in [3.05, 3.63) is 56.4 Å². The van der Waals surface area contributed by atoms with Crippen molar-refractivity contribution in [2.45, 2.75) is 38.4 Å². The first-order valence-electron chi connectivity index (χ1n) is 11.3. The Morgan fingerprint density at radius 3 is 2.81 bits per heavy atom. The second kappa shape index (κ2) is 9.27. The van der Waals surface area contributed by atoms with E-state index in [0.717, 1.165) is 55.7 Å². The van der Waals surface area contributed by atoms with Crippen molar-refractivity contribution < 1.29 is 4.79 Å². The monoisotopic (exact) mass is 468 g/mol. The third-order valence-electron chi connectivity index (χ3n) is 6.34. The molecule has 0 spiro atoms. The van der Waals surface area contributed by atoms with Crippen LogP contribution in [0.15, 0.2) is 29.1 Å². The summed E-state index contributed by atoms with van der Waals surface area (Å²) in [6.07, 6.45) is 4.39. The predicted molar refractivity (Wildman–Crippen MR) is 133 cm³/mol. The van der Waals surface area contributed by atoms with Gasteiger partial charge in [0, 0.05) is 36.7 Å². The molecule has 5 rings (SSSR count). The lowest BCUT2D eigenvalue weighted by atomic mass is 9.97. The van der Waals surface area contributed by atoms with Crippen molar-refractivity contribution in [3.63, 3.8) is 0 Å². The zero-order chi connectivity index (χ0) is 22.1. The summed E-state index contributed by atoms with van der Waals surface area (Å²) in [6, 6.07) is 8.52. The number of nitrogens with zero attached hydrogens (tertiary/aromatic N) is 3. The second-order valence-electron chi connectivity index (χ2n) is 8.60. The largest absolute Gasteiger partial charge is 0.368 e. The highest BCUT2D eigenvalue weighted by molar-refractivity contribution is 7.99. The number of anilines is 1. The number of carbonyl (C=O) groups is 1. The molecule has 0 bridgehead atoms. The van der Waals surface area contributed by atoms with Gasteiger partial charge in [-0.1, -0.05) is 12.1 Å². The fourth-order valence-corrected chi connectivity index (χ4v) is 6.71. The zero-order valence-corrected chi connectivity index (χ0v) is 20.0. The summed E-state index contributed by atoms with van der Waals surface area (Å²) in [5.74, 6) is 1.78. The molecule has 0 saturated carbocycles. The fraction of sp³-hybridized carbons (Fsp3) is 0.458. The number of rotatable bonds is 5. The Hall–Kier alpha value is -2.32. The van der Waals surface area contributed by atoms with E-state index in [1.807, 2.05) is 4.90 Å².